The first-order chi connectivity index (χ1) is 15.1. The largest absolute Gasteiger partial charge is 0.444 e. The number of hydrogen-bond acceptors (Lipinski definition) is 7. The van der Waals surface area contributed by atoms with Crippen molar-refractivity contribution in [1.29, 1.82) is 0 Å². The minimum absolute atomic E-state index is 0.161. The number of alkyl carbamates (subject to hydrolysis) is 1. The number of likely N-dealkylation sites (N-methyl/N-ethyl adjacent to an activating group) is 1. The van der Waals surface area contributed by atoms with Gasteiger partial charge in [-0.2, -0.15) is 0 Å². The standard InChI is InChI=1S/C22H40N4O6S/c1-12(2)10-15(18(28)23-9)25-20(30)17(13(3)4)26-19(29)16(33-14(5)27)11-24-21(31)32-22(6,7)8/h12-13,15-17H,10-11H2,1-9H3,(H,23,28)(H,24,31)(H,25,30)(H,26,29)/t15-,16?,17-/m0/s1. The highest BCUT2D eigenvalue weighted by molar-refractivity contribution is 8.14. The number of rotatable bonds is 11. The number of hydrogen-bond donors (Lipinski definition) is 4. The van der Waals surface area contributed by atoms with Crippen molar-refractivity contribution in [1.82, 2.24) is 21.3 Å². The molecule has 11 heteroatoms. The van der Waals surface area contributed by atoms with Crippen LogP contribution in [-0.2, 0) is 23.9 Å². The highest BCUT2D eigenvalue weighted by Gasteiger charge is 2.32. The zero-order chi connectivity index (χ0) is 25.9. The molecule has 0 aliphatic rings. The Morgan fingerprint density at radius 2 is 1.48 bits per heavy atom. The highest BCUT2D eigenvalue weighted by atomic mass is 32.2. The molecule has 0 aromatic heterocycles. The summed E-state index contributed by atoms with van der Waals surface area (Å²) in [6, 6.07) is -1.68. The molecule has 0 aromatic carbocycles. The van der Waals surface area contributed by atoms with E-state index in [1.807, 2.05) is 13.8 Å². The highest BCUT2D eigenvalue weighted by Crippen LogP contribution is 2.14. The van der Waals surface area contributed by atoms with Gasteiger partial charge < -0.3 is 26.0 Å². The summed E-state index contributed by atoms with van der Waals surface area (Å²) < 4.78 is 5.16. The van der Waals surface area contributed by atoms with Gasteiger partial charge in [0.1, 0.15) is 22.9 Å². The molecular weight excluding hydrogens is 448 g/mol. The van der Waals surface area contributed by atoms with Gasteiger partial charge >= 0.3 is 6.09 Å². The summed E-state index contributed by atoms with van der Waals surface area (Å²) in [6.45, 7) is 13.7. The average molecular weight is 489 g/mol. The van der Waals surface area contributed by atoms with E-state index in [2.05, 4.69) is 21.3 Å². The lowest BCUT2D eigenvalue weighted by atomic mass is 10.00. The number of thioether (sulfide) groups is 1. The molecule has 0 fully saturated rings. The molecule has 0 rings (SSSR count). The first-order valence-electron chi connectivity index (χ1n) is 11.0. The molecule has 4 amide bonds. The monoisotopic (exact) mass is 488 g/mol. The number of nitrogens with one attached hydrogen (secondary N) is 4. The summed E-state index contributed by atoms with van der Waals surface area (Å²) >= 11 is 0.747. The molecule has 4 N–H and O–H groups in total. The number of ether oxygens (including phenoxy) is 1. The third-order valence-corrected chi connectivity index (χ3v) is 5.26. The molecule has 3 atom stereocenters. The second kappa shape index (κ2) is 14.1. The minimum Gasteiger partial charge on any atom is -0.444 e. The van der Waals surface area contributed by atoms with Crippen LogP contribution in [0.2, 0.25) is 0 Å². The predicted octanol–water partition coefficient (Wildman–Crippen LogP) is 1.58. The van der Waals surface area contributed by atoms with Crippen LogP contribution >= 0.6 is 11.8 Å². The molecule has 10 nitrogen and oxygen atoms in total. The van der Waals surface area contributed by atoms with Crippen LogP contribution in [0.15, 0.2) is 0 Å². The van der Waals surface area contributed by atoms with Crippen molar-refractivity contribution in [2.45, 2.75) is 84.7 Å². The quantitative estimate of drug-likeness (QED) is 0.346. The fraction of sp³-hybridized carbons (Fsp3) is 0.773. The molecule has 1 unspecified atom stereocenters. The van der Waals surface area contributed by atoms with E-state index in [0.717, 1.165) is 11.8 Å². The lowest BCUT2D eigenvalue weighted by Gasteiger charge is -2.27. The van der Waals surface area contributed by atoms with Crippen molar-refractivity contribution in [2.75, 3.05) is 13.6 Å². The summed E-state index contributed by atoms with van der Waals surface area (Å²) in [5.41, 5.74) is -0.715. The van der Waals surface area contributed by atoms with Crippen LogP contribution in [0.5, 0.6) is 0 Å². The first kappa shape index (κ1) is 30.7. The van der Waals surface area contributed by atoms with Gasteiger partial charge in [-0.15, -0.1) is 0 Å². The molecule has 0 aliphatic carbocycles. The van der Waals surface area contributed by atoms with E-state index in [-0.39, 0.29) is 29.4 Å². The molecule has 0 saturated heterocycles. The van der Waals surface area contributed by atoms with E-state index in [1.165, 1.54) is 14.0 Å². The number of amides is 4. The zero-order valence-electron chi connectivity index (χ0n) is 21.2. The molecule has 0 bridgehead atoms. The summed E-state index contributed by atoms with van der Waals surface area (Å²) in [5, 5.41) is 9.11. The number of carbonyl (C=O) groups is 5. The van der Waals surface area contributed by atoms with Crippen molar-refractivity contribution in [3.63, 3.8) is 0 Å². The molecule has 0 aromatic rings. The van der Waals surface area contributed by atoms with E-state index in [4.69, 9.17) is 4.74 Å². The van der Waals surface area contributed by atoms with E-state index in [0.29, 0.717) is 6.42 Å². The molecule has 190 valence electrons. The second-order valence-electron chi connectivity index (χ2n) is 9.52. The molecule has 0 saturated carbocycles. The molecule has 0 aliphatic heterocycles. The Balaban J connectivity index is 5.38. The lowest BCUT2D eigenvalue weighted by molar-refractivity contribution is -0.133. The van der Waals surface area contributed by atoms with Gasteiger partial charge in [0, 0.05) is 20.5 Å². The molecule has 0 radical (unpaired) electrons. The zero-order valence-corrected chi connectivity index (χ0v) is 22.0. The Kier molecular flexibility index (Phi) is 13.1. The van der Waals surface area contributed by atoms with Crippen LogP contribution in [0.3, 0.4) is 0 Å². The van der Waals surface area contributed by atoms with Gasteiger partial charge in [0.05, 0.1) is 0 Å². The van der Waals surface area contributed by atoms with Gasteiger partial charge in [-0.1, -0.05) is 39.5 Å². The van der Waals surface area contributed by atoms with E-state index in [1.54, 1.807) is 34.6 Å². The summed E-state index contributed by atoms with van der Waals surface area (Å²) in [7, 11) is 1.49. The molecule has 33 heavy (non-hydrogen) atoms. The van der Waals surface area contributed by atoms with Crippen molar-refractivity contribution >= 4 is 40.7 Å². The van der Waals surface area contributed by atoms with Crippen molar-refractivity contribution in [3.05, 3.63) is 0 Å². The Morgan fingerprint density at radius 1 is 0.909 bits per heavy atom. The van der Waals surface area contributed by atoms with E-state index >= 15 is 0 Å². The minimum atomic E-state index is -0.963. The lowest BCUT2D eigenvalue weighted by Crippen LogP contribution is -2.57. The average Bonchev–Trinajstić information content (AvgIpc) is 2.65. The summed E-state index contributed by atoms with van der Waals surface area (Å²) in [6.07, 6.45) is -0.281. The van der Waals surface area contributed by atoms with Crippen molar-refractivity contribution in [2.24, 2.45) is 11.8 Å². The maximum absolute atomic E-state index is 12.9. The van der Waals surface area contributed by atoms with Gasteiger partial charge in [-0.3, -0.25) is 19.2 Å². The fourth-order valence-electron chi connectivity index (χ4n) is 2.80. The normalized spacial score (nSPS) is 14.2. The van der Waals surface area contributed by atoms with Crippen LogP contribution in [0.1, 0.15) is 61.8 Å². The third-order valence-electron chi connectivity index (χ3n) is 4.26. The maximum Gasteiger partial charge on any atom is 0.407 e. The van der Waals surface area contributed by atoms with E-state index in [9.17, 15) is 24.0 Å². The Bertz CT molecular complexity index is 705. The SMILES string of the molecule is CNC(=O)[C@H](CC(C)C)NC(=O)[C@@H](NC(=O)C(CNC(=O)OC(C)(C)C)SC(C)=O)C(C)C. The van der Waals surface area contributed by atoms with Crippen LogP contribution in [0.4, 0.5) is 4.79 Å². The number of carbonyl (C=O) groups excluding carboxylic acids is 5. The van der Waals surface area contributed by atoms with Crippen molar-refractivity contribution in [3.8, 4) is 0 Å². The smallest absolute Gasteiger partial charge is 0.407 e. The van der Waals surface area contributed by atoms with Crippen LogP contribution < -0.4 is 21.3 Å². The van der Waals surface area contributed by atoms with Gasteiger partial charge in [0.25, 0.3) is 0 Å². The van der Waals surface area contributed by atoms with E-state index < -0.39 is 40.8 Å². The molecule has 0 heterocycles. The Morgan fingerprint density at radius 3 is 1.91 bits per heavy atom. The predicted molar refractivity (Wildman–Crippen MR) is 129 cm³/mol. The summed E-state index contributed by atoms with van der Waals surface area (Å²) in [4.78, 5) is 61.6. The molecule has 0 spiro atoms. The van der Waals surface area contributed by atoms with Gasteiger partial charge in [0.15, 0.2) is 5.12 Å². The van der Waals surface area contributed by atoms with Crippen LogP contribution in [0, 0.1) is 11.8 Å². The fourth-order valence-corrected chi connectivity index (χ4v) is 3.54. The van der Waals surface area contributed by atoms with Gasteiger partial charge in [-0.25, -0.2) is 4.79 Å². The van der Waals surface area contributed by atoms with Gasteiger partial charge in [-0.05, 0) is 39.0 Å². The summed E-state index contributed by atoms with van der Waals surface area (Å²) in [5.74, 6) is -1.53. The topological polar surface area (TPSA) is 143 Å². The second-order valence-corrected chi connectivity index (χ2v) is 10.9. The third kappa shape index (κ3) is 13.1. The van der Waals surface area contributed by atoms with Crippen LogP contribution in [-0.4, -0.2) is 65.5 Å². The Hall–Kier alpha value is -2.30. The van der Waals surface area contributed by atoms with Gasteiger partial charge in [0.2, 0.25) is 17.7 Å². The van der Waals surface area contributed by atoms with Crippen molar-refractivity contribution < 1.29 is 28.7 Å². The first-order valence-corrected chi connectivity index (χ1v) is 11.9. The Labute approximate surface area is 201 Å². The molecular formula is C22H40N4O6S. The van der Waals surface area contributed by atoms with Crippen LogP contribution in [0.25, 0.3) is 0 Å². The maximum atomic E-state index is 12.9.